The summed E-state index contributed by atoms with van der Waals surface area (Å²) in [5.41, 5.74) is 2.77. The van der Waals surface area contributed by atoms with E-state index in [0.29, 0.717) is 18.1 Å². The predicted octanol–water partition coefficient (Wildman–Crippen LogP) is 3.56. The number of hydrogen-bond donors (Lipinski definition) is 1. The Balaban J connectivity index is 1.91. The van der Waals surface area contributed by atoms with E-state index in [9.17, 15) is 5.11 Å². The molecule has 2 aromatic carbocycles. The first-order valence-corrected chi connectivity index (χ1v) is 7.32. The second-order valence-electron chi connectivity index (χ2n) is 5.11. The fourth-order valence-electron chi connectivity index (χ4n) is 2.74. The van der Waals surface area contributed by atoms with Gasteiger partial charge < -0.3 is 14.6 Å². The highest BCUT2D eigenvalue weighted by Gasteiger charge is 2.23. The number of aliphatic hydroxyl groups excluding tert-OH is 1. The van der Waals surface area contributed by atoms with Crippen LogP contribution in [-0.2, 0) is 12.8 Å². The molecule has 0 bridgehead atoms. The quantitative estimate of drug-likeness (QED) is 0.938. The fourth-order valence-corrected chi connectivity index (χ4v) is 2.98. The second-order valence-corrected chi connectivity index (χ2v) is 5.55. The van der Waals surface area contributed by atoms with Gasteiger partial charge >= 0.3 is 0 Å². The van der Waals surface area contributed by atoms with Gasteiger partial charge in [0.25, 0.3) is 0 Å². The van der Waals surface area contributed by atoms with Crippen molar-refractivity contribution < 1.29 is 14.6 Å². The lowest BCUT2D eigenvalue weighted by molar-refractivity contribution is 0.172. The van der Waals surface area contributed by atoms with Crippen LogP contribution in [0.25, 0.3) is 0 Å². The Morgan fingerprint density at radius 1 is 1.33 bits per heavy atom. The number of halogens is 1. The maximum Gasteiger partial charge on any atom is 0.128 e. The van der Waals surface area contributed by atoms with Gasteiger partial charge in [0.2, 0.25) is 0 Å². The summed E-state index contributed by atoms with van der Waals surface area (Å²) in [4.78, 5) is 0. The molecule has 0 fully saturated rings. The Morgan fingerprint density at radius 2 is 2.14 bits per heavy atom. The van der Waals surface area contributed by atoms with E-state index in [4.69, 9.17) is 21.1 Å². The molecule has 3 nitrogen and oxygen atoms in total. The van der Waals surface area contributed by atoms with Crippen molar-refractivity contribution >= 4 is 11.6 Å². The van der Waals surface area contributed by atoms with E-state index in [1.165, 1.54) is 0 Å². The molecule has 21 heavy (non-hydrogen) atoms. The van der Waals surface area contributed by atoms with Gasteiger partial charge in [0.05, 0.1) is 19.8 Å². The number of benzene rings is 2. The first-order chi connectivity index (χ1) is 10.2. The van der Waals surface area contributed by atoms with Crippen molar-refractivity contribution in [1.82, 2.24) is 0 Å². The van der Waals surface area contributed by atoms with Crippen LogP contribution in [0.1, 0.15) is 22.8 Å². The van der Waals surface area contributed by atoms with Crippen LogP contribution in [0.2, 0.25) is 5.02 Å². The van der Waals surface area contributed by atoms with E-state index in [2.05, 4.69) is 0 Å². The molecule has 0 saturated heterocycles. The van der Waals surface area contributed by atoms with Crippen LogP contribution in [0, 0.1) is 0 Å². The van der Waals surface area contributed by atoms with Crippen molar-refractivity contribution in [3.8, 4) is 11.5 Å². The van der Waals surface area contributed by atoms with E-state index >= 15 is 0 Å². The number of rotatable bonds is 4. The minimum absolute atomic E-state index is 0.458. The molecule has 0 aliphatic carbocycles. The molecule has 1 aliphatic heterocycles. The number of methoxy groups -OCH3 is 1. The lowest BCUT2D eigenvalue weighted by Crippen LogP contribution is -2.05. The summed E-state index contributed by atoms with van der Waals surface area (Å²) in [5, 5.41) is 11.2. The zero-order valence-corrected chi connectivity index (χ0v) is 12.6. The van der Waals surface area contributed by atoms with Crippen LogP contribution < -0.4 is 9.47 Å². The van der Waals surface area contributed by atoms with Gasteiger partial charge in [-0.25, -0.2) is 0 Å². The highest BCUT2D eigenvalue weighted by Crippen LogP contribution is 2.38. The standard InChI is InChI=1S/C17H17ClO3/c1-20-16-5-3-2-4-11(16)9-15(19)14-10-13(18)8-12-6-7-21-17(12)14/h2-5,8,10,15,19H,6-7,9H2,1H3. The monoisotopic (exact) mass is 304 g/mol. The molecule has 1 atom stereocenters. The highest BCUT2D eigenvalue weighted by atomic mass is 35.5. The van der Waals surface area contributed by atoms with Crippen LogP contribution in [0.5, 0.6) is 11.5 Å². The molecule has 3 rings (SSSR count). The lowest BCUT2D eigenvalue weighted by Gasteiger charge is -2.16. The van der Waals surface area contributed by atoms with E-state index in [-0.39, 0.29) is 0 Å². The molecule has 0 spiro atoms. The Labute approximate surface area is 129 Å². The SMILES string of the molecule is COc1ccccc1CC(O)c1cc(Cl)cc2c1OCC2. The molecule has 0 radical (unpaired) electrons. The molecule has 4 heteroatoms. The molecule has 1 heterocycles. The third-order valence-electron chi connectivity index (χ3n) is 3.74. The minimum Gasteiger partial charge on any atom is -0.496 e. The minimum atomic E-state index is -0.674. The van der Waals surface area contributed by atoms with Crippen molar-refractivity contribution in [3.63, 3.8) is 0 Å². The number of para-hydroxylation sites is 1. The smallest absolute Gasteiger partial charge is 0.128 e. The van der Waals surface area contributed by atoms with Crippen LogP contribution in [-0.4, -0.2) is 18.8 Å². The number of fused-ring (bicyclic) bond motifs is 1. The van der Waals surface area contributed by atoms with Gasteiger partial charge in [-0.05, 0) is 29.3 Å². The summed E-state index contributed by atoms with van der Waals surface area (Å²) < 4.78 is 11.0. The Hall–Kier alpha value is -1.71. The first-order valence-electron chi connectivity index (χ1n) is 6.94. The van der Waals surface area contributed by atoms with Crippen LogP contribution in [0.4, 0.5) is 0 Å². The Kier molecular flexibility index (Phi) is 4.04. The summed E-state index contributed by atoms with van der Waals surface area (Å²) >= 11 is 6.14. The van der Waals surface area contributed by atoms with E-state index in [1.54, 1.807) is 13.2 Å². The van der Waals surface area contributed by atoms with Gasteiger partial charge in [0, 0.05) is 23.4 Å². The molecule has 1 unspecified atom stereocenters. The third kappa shape index (κ3) is 2.85. The van der Waals surface area contributed by atoms with Crippen molar-refractivity contribution in [3.05, 3.63) is 58.1 Å². The summed E-state index contributed by atoms with van der Waals surface area (Å²) in [6.07, 6.45) is 0.622. The zero-order valence-electron chi connectivity index (χ0n) is 11.8. The first kappa shape index (κ1) is 14.2. The molecular formula is C17H17ClO3. The Bertz CT molecular complexity index is 654. The zero-order chi connectivity index (χ0) is 14.8. The summed E-state index contributed by atoms with van der Waals surface area (Å²) in [7, 11) is 1.63. The molecule has 0 amide bonds. The average molecular weight is 305 g/mol. The molecule has 110 valence electrons. The third-order valence-corrected chi connectivity index (χ3v) is 3.96. The average Bonchev–Trinajstić information content (AvgIpc) is 2.94. The van der Waals surface area contributed by atoms with E-state index < -0.39 is 6.10 Å². The fraction of sp³-hybridized carbons (Fsp3) is 0.294. The van der Waals surface area contributed by atoms with Gasteiger partial charge in [-0.2, -0.15) is 0 Å². The number of ether oxygens (including phenoxy) is 2. The lowest BCUT2D eigenvalue weighted by atomic mass is 9.98. The normalized spacial score (nSPS) is 14.4. The summed E-state index contributed by atoms with van der Waals surface area (Å²) in [6, 6.07) is 11.4. The van der Waals surface area contributed by atoms with Gasteiger partial charge in [-0.1, -0.05) is 29.8 Å². The van der Waals surface area contributed by atoms with E-state index in [0.717, 1.165) is 34.6 Å². The number of hydrogen-bond acceptors (Lipinski definition) is 3. The van der Waals surface area contributed by atoms with Crippen molar-refractivity contribution in [2.24, 2.45) is 0 Å². The van der Waals surface area contributed by atoms with Crippen molar-refractivity contribution in [1.29, 1.82) is 0 Å². The molecular weight excluding hydrogens is 288 g/mol. The van der Waals surface area contributed by atoms with Crippen LogP contribution in [0.15, 0.2) is 36.4 Å². The van der Waals surface area contributed by atoms with Gasteiger partial charge in [-0.15, -0.1) is 0 Å². The molecule has 0 aromatic heterocycles. The van der Waals surface area contributed by atoms with Gasteiger partial charge in [0.1, 0.15) is 11.5 Å². The predicted molar refractivity (Wildman–Crippen MR) is 82.3 cm³/mol. The van der Waals surface area contributed by atoms with Crippen molar-refractivity contribution in [2.75, 3.05) is 13.7 Å². The molecule has 1 N–H and O–H groups in total. The maximum atomic E-state index is 10.6. The largest absolute Gasteiger partial charge is 0.496 e. The highest BCUT2D eigenvalue weighted by molar-refractivity contribution is 6.30. The molecule has 1 aliphatic rings. The second kappa shape index (κ2) is 5.96. The number of aliphatic hydroxyl groups is 1. The summed E-state index contributed by atoms with van der Waals surface area (Å²) in [6.45, 7) is 0.643. The summed E-state index contributed by atoms with van der Waals surface area (Å²) in [5.74, 6) is 1.55. The van der Waals surface area contributed by atoms with Gasteiger partial charge in [0.15, 0.2) is 0 Å². The van der Waals surface area contributed by atoms with E-state index in [1.807, 2.05) is 30.3 Å². The topological polar surface area (TPSA) is 38.7 Å². The van der Waals surface area contributed by atoms with Crippen LogP contribution in [0.3, 0.4) is 0 Å². The van der Waals surface area contributed by atoms with Crippen LogP contribution >= 0.6 is 11.6 Å². The maximum absolute atomic E-state index is 10.6. The Morgan fingerprint density at radius 3 is 2.95 bits per heavy atom. The van der Waals surface area contributed by atoms with Crippen molar-refractivity contribution in [2.45, 2.75) is 18.9 Å². The molecule has 2 aromatic rings. The molecule has 0 saturated carbocycles. The van der Waals surface area contributed by atoms with Gasteiger partial charge in [-0.3, -0.25) is 0 Å².